The molecule has 2 aromatic carbocycles. The summed E-state index contributed by atoms with van der Waals surface area (Å²) in [5.74, 6) is -0.992. The largest absolute Gasteiger partial charge is 0.370 e. The van der Waals surface area contributed by atoms with Gasteiger partial charge in [0, 0.05) is 5.92 Å². The molecule has 0 spiro atoms. The van der Waals surface area contributed by atoms with Crippen LogP contribution in [0.1, 0.15) is 38.8 Å². The van der Waals surface area contributed by atoms with Crippen LogP contribution in [0.25, 0.3) is 0 Å². The van der Waals surface area contributed by atoms with Gasteiger partial charge in [0.1, 0.15) is 24.4 Å². The van der Waals surface area contributed by atoms with E-state index in [0.29, 0.717) is 19.8 Å². The van der Waals surface area contributed by atoms with E-state index < -0.39 is 42.8 Å². The molecule has 3 saturated heterocycles. The Hall–Kier alpha value is -1.88. The van der Waals surface area contributed by atoms with Gasteiger partial charge < -0.3 is 38.3 Å². The summed E-state index contributed by atoms with van der Waals surface area (Å²) in [5, 5.41) is 10.4. The SMILES string of the molecule is CC1C(OCc2ccccc2)[C@H](OCc2ccccc2)CO[C@H]1O[C@H]1C(C)OC(O)C2OC(C)(C)OC21. The van der Waals surface area contributed by atoms with Crippen molar-refractivity contribution in [3.8, 4) is 0 Å². The van der Waals surface area contributed by atoms with Gasteiger partial charge in [0.25, 0.3) is 0 Å². The highest BCUT2D eigenvalue weighted by atomic mass is 16.8. The van der Waals surface area contributed by atoms with E-state index in [1.54, 1.807) is 0 Å². The van der Waals surface area contributed by atoms with E-state index in [0.717, 1.165) is 11.1 Å². The lowest BCUT2D eigenvalue weighted by Gasteiger charge is -2.45. The smallest absolute Gasteiger partial charge is 0.184 e. The van der Waals surface area contributed by atoms with Crippen molar-refractivity contribution in [1.82, 2.24) is 0 Å². The van der Waals surface area contributed by atoms with Crippen molar-refractivity contribution in [2.75, 3.05) is 6.61 Å². The third kappa shape index (κ3) is 6.24. The number of ether oxygens (including phenoxy) is 7. The van der Waals surface area contributed by atoms with Gasteiger partial charge in [-0.1, -0.05) is 67.6 Å². The number of rotatable bonds is 8. The molecule has 9 atom stereocenters. The van der Waals surface area contributed by atoms with Crippen molar-refractivity contribution in [2.24, 2.45) is 5.92 Å². The molecule has 0 bridgehead atoms. The predicted molar refractivity (Wildman–Crippen MR) is 134 cm³/mol. The van der Waals surface area contributed by atoms with Gasteiger partial charge in [-0.3, -0.25) is 0 Å². The van der Waals surface area contributed by atoms with Crippen LogP contribution in [0.2, 0.25) is 0 Å². The highest BCUT2D eigenvalue weighted by molar-refractivity contribution is 5.14. The van der Waals surface area contributed by atoms with Gasteiger partial charge >= 0.3 is 0 Å². The topological polar surface area (TPSA) is 84.8 Å². The van der Waals surface area contributed by atoms with Crippen LogP contribution >= 0.6 is 0 Å². The standard InChI is InChI=1S/C29H38O8/c1-18-23(32-16-21-13-9-6-10-14-21)22(31-15-20-11-7-5-8-12-20)17-33-28(18)35-24-19(2)34-27(30)26-25(24)36-29(3,4)37-26/h5-14,18-19,22-28,30H,15-17H2,1-4H3/t18?,19?,22-,23?,24+,25?,26?,27?,28+/m1/s1. The fourth-order valence-electron chi connectivity index (χ4n) is 5.32. The maximum atomic E-state index is 10.4. The third-order valence-electron chi connectivity index (χ3n) is 7.21. The van der Waals surface area contributed by atoms with Crippen LogP contribution in [0.4, 0.5) is 0 Å². The molecule has 3 fully saturated rings. The summed E-state index contributed by atoms with van der Waals surface area (Å²) >= 11 is 0. The molecule has 0 aliphatic carbocycles. The van der Waals surface area contributed by atoms with Gasteiger partial charge in [0.2, 0.25) is 0 Å². The molecular formula is C29H38O8. The van der Waals surface area contributed by atoms with Gasteiger partial charge in [0.15, 0.2) is 18.4 Å². The molecule has 5 rings (SSSR count). The van der Waals surface area contributed by atoms with E-state index in [1.165, 1.54) is 0 Å². The lowest BCUT2D eigenvalue weighted by Crippen LogP contribution is -2.59. The molecule has 0 saturated carbocycles. The highest BCUT2D eigenvalue weighted by Crippen LogP contribution is 2.39. The normalized spacial score (nSPS) is 37.3. The van der Waals surface area contributed by atoms with Gasteiger partial charge in [0.05, 0.1) is 32.0 Å². The van der Waals surface area contributed by atoms with E-state index >= 15 is 0 Å². The summed E-state index contributed by atoms with van der Waals surface area (Å²) < 4.78 is 43.2. The summed E-state index contributed by atoms with van der Waals surface area (Å²) in [6, 6.07) is 20.2. The van der Waals surface area contributed by atoms with Gasteiger partial charge in [-0.2, -0.15) is 0 Å². The number of aliphatic hydroxyl groups is 1. The molecular weight excluding hydrogens is 476 g/mol. The lowest BCUT2D eigenvalue weighted by atomic mass is 9.95. The Kier molecular flexibility index (Phi) is 8.28. The Morgan fingerprint density at radius 2 is 1.43 bits per heavy atom. The van der Waals surface area contributed by atoms with E-state index in [4.69, 9.17) is 33.2 Å². The van der Waals surface area contributed by atoms with Crippen molar-refractivity contribution >= 4 is 0 Å². The fourth-order valence-corrected chi connectivity index (χ4v) is 5.32. The van der Waals surface area contributed by atoms with Crippen LogP contribution in [0.3, 0.4) is 0 Å². The maximum absolute atomic E-state index is 10.4. The minimum Gasteiger partial charge on any atom is -0.370 e. The molecule has 0 radical (unpaired) electrons. The molecule has 8 heteroatoms. The molecule has 2 aromatic rings. The van der Waals surface area contributed by atoms with E-state index in [2.05, 4.69) is 6.92 Å². The zero-order valence-electron chi connectivity index (χ0n) is 21.9. The fraction of sp³-hybridized carbons (Fsp3) is 0.586. The summed E-state index contributed by atoms with van der Waals surface area (Å²) in [5.41, 5.74) is 2.18. The first-order valence-electron chi connectivity index (χ1n) is 13.1. The van der Waals surface area contributed by atoms with Gasteiger partial charge in [-0.05, 0) is 31.9 Å². The second kappa shape index (κ2) is 11.5. The minimum absolute atomic E-state index is 0.147. The number of benzene rings is 2. The average Bonchev–Trinajstić information content (AvgIpc) is 3.22. The first kappa shape index (κ1) is 26.7. The average molecular weight is 515 g/mol. The number of hydrogen-bond donors (Lipinski definition) is 1. The maximum Gasteiger partial charge on any atom is 0.184 e. The molecule has 6 unspecified atom stereocenters. The summed E-state index contributed by atoms with van der Waals surface area (Å²) in [4.78, 5) is 0. The monoisotopic (exact) mass is 514 g/mol. The predicted octanol–water partition coefficient (Wildman–Crippen LogP) is 3.79. The minimum atomic E-state index is -1.08. The quantitative estimate of drug-likeness (QED) is 0.570. The Bertz CT molecular complexity index is 986. The zero-order valence-corrected chi connectivity index (χ0v) is 21.9. The number of aliphatic hydroxyl groups excluding tert-OH is 1. The van der Waals surface area contributed by atoms with E-state index in [-0.39, 0.29) is 18.1 Å². The highest BCUT2D eigenvalue weighted by Gasteiger charge is 2.56. The Morgan fingerprint density at radius 1 is 0.838 bits per heavy atom. The molecule has 8 nitrogen and oxygen atoms in total. The Labute approximate surface area is 218 Å². The molecule has 3 aliphatic heterocycles. The molecule has 202 valence electrons. The van der Waals surface area contributed by atoms with Gasteiger partial charge in [-0.25, -0.2) is 0 Å². The molecule has 0 aromatic heterocycles. The molecule has 3 heterocycles. The second-order valence-corrected chi connectivity index (χ2v) is 10.6. The van der Waals surface area contributed by atoms with Crippen LogP contribution < -0.4 is 0 Å². The Balaban J connectivity index is 1.29. The van der Waals surface area contributed by atoms with Crippen LogP contribution in [0.5, 0.6) is 0 Å². The van der Waals surface area contributed by atoms with Crippen LogP contribution in [0.15, 0.2) is 60.7 Å². The Morgan fingerprint density at radius 3 is 2.08 bits per heavy atom. The first-order valence-corrected chi connectivity index (χ1v) is 13.1. The molecule has 37 heavy (non-hydrogen) atoms. The summed E-state index contributed by atoms with van der Waals surface area (Å²) in [6.07, 6.45) is -4.21. The first-order chi connectivity index (χ1) is 17.8. The second-order valence-electron chi connectivity index (χ2n) is 10.6. The third-order valence-corrected chi connectivity index (χ3v) is 7.21. The lowest BCUT2D eigenvalue weighted by molar-refractivity contribution is -0.322. The number of hydrogen-bond acceptors (Lipinski definition) is 8. The van der Waals surface area contributed by atoms with E-state index in [9.17, 15) is 5.11 Å². The van der Waals surface area contributed by atoms with Crippen LogP contribution in [0, 0.1) is 5.92 Å². The summed E-state index contributed by atoms with van der Waals surface area (Å²) in [6.45, 7) is 8.80. The number of fused-ring (bicyclic) bond motifs is 1. The van der Waals surface area contributed by atoms with Crippen molar-refractivity contribution in [2.45, 2.75) is 95.9 Å². The van der Waals surface area contributed by atoms with Crippen LogP contribution in [-0.4, -0.2) is 66.7 Å². The summed E-state index contributed by atoms with van der Waals surface area (Å²) in [7, 11) is 0. The van der Waals surface area contributed by atoms with Gasteiger partial charge in [-0.15, -0.1) is 0 Å². The van der Waals surface area contributed by atoms with Crippen molar-refractivity contribution in [3.63, 3.8) is 0 Å². The van der Waals surface area contributed by atoms with Crippen molar-refractivity contribution in [1.29, 1.82) is 0 Å². The van der Waals surface area contributed by atoms with E-state index in [1.807, 2.05) is 81.4 Å². The van der Waals surface area contributed by atoms with Crippen LogP contribution in [-0.2, 0) is 46.4 Å². The molecule has 3 aliphatic rings. The van der Waals surface area contributed by atoms with Crippen molar-refractivity contribution in [3.05, 3.63) is 71.8 Å². The molecule has 1 N–H and O–H groups in total. The zero-order chi connectivity index (χ0) is 26.0. The van der Waals surface area contributed by atoms with Crippen molar-refractivity contribution < 1.29 is 38.3 Å². The molecule has 0 amide bonds.